The highest BCUT2D eigenvalue weighted by Gasteiger charge is 2.20. The Morgan fingerprint density at radius 3 is 2.46 bits per heavy atom. The molecule has 2 aromatic rings. The quantitative estimate of drug-likeness (QED) is 0.740. The standard InChI is InChI=1S/C19H20ClNO5/c1-4-25-15-8-5-13(6-9-15)19(23)26-12(2)18(22)21-16-11-14(20)7-10-17(16)24-3/h5-12H,4H2,1-3H3,(H,21,22). The summed E-state index contributed by atoms with van der Waals surface area (Å²) >= 11 is 5.93. The van der Waals surface area contributed by atoms with E-state index in [0.29, 0.717) is 34.4 Å². The van der Waals surface area contributed by atoms with E-state index >= 15 is 0 Å². The average molecular weight is 378 g/mol. The lowest BCUT2D eigenvalue weighted by Gasteiger charge is -2.15. The number of carbonyl (C=O) groups excluding carboxylic acids is 2. The van der Waals surface area contributed by atoms with Crippen molar-refractivity contribution in [1.82, 2.24) is 0 Å². The zero-order valence-electron chi connectivity index (χ0n) is 14.7. The number of benzene rings is 2. The number of halogens is 1. The van der Waals surface area contributed by atoms with Gasteiger partial charge in [-0.25, -0.2) is 4.79 Å². The van der Waals surface area contributed by atoms with E-state index in [1.54, 1.807) is 42.5 Å². The fourth-order valence-electron chi connectivity index (χ4n) is 2.15. The summed E-state index contributed by atoms with van der Waals surface area (Å²) < 4.78 is 15.7. The highest BCUT2D eigenvalue weighted by Crippen LogP contribution is 2.27. The van der Waals surface area contributed by atoms with E-state index in [2.05, 4.69) is 5.32 Å². The van der Waals surface area contributed by atoms with E-state index in [-0.39, 0.29) is 0 Å². The third kappa shape index (κ3) is 5.13. The molecule has 138 valence electrons. The maximum absolute atomic E-state index is 12.3. The molecule has 0 aliphatic rings. The Morgan fingerprint density at radius 2 is 1.85 bits per heavy atom. The Bertz CT molecular complexity index is 776. The van der Waals surface area contributed by atoms with Gasteiger partial charge in [-0.15, -0.1) is 0 Å². The Labute approximate surface area is 157 Å². The molecule has 1 atom stereocenters. The van der Waals surface area contributed by atoms with Crippen LogP contribution in [0.15, 0.2) is 42.5 Å². The molecule has 0 fully saturated rings. The molecule has 0 bridgehead atoms. The number of ether oxygens (including phenoxy) is 3. The van der Waals surface area contributed by atoms with Crippen molar-refractivity contribution < 1.29 is 23.8 Å². The summed E-state index contributed by atoms with van der Waals surface area (Å²) in [7, 11) is 1.48. The van der Waals surface area contributed by atoms with Gasteiger partial charge in [0.25, 0.3) is 5.91 Å². The summed E-state index contributed by atoms with van der Waals surface area (Å²) in [6.07, 6.45) is -1.00. The molecule has 0 aromatic heterocycles. The highest BCUT2D eigenvalue weighted by molar-refractivity contribution is 6.31. The van der Waals surface area contributed by atoms with Crippen LogP contribution < -0.4 is 14.8 Å². The van der Waals surface area contributed by atoms with Crippen molar-refractivity contribution >= 4 is 29.2 Å². The van der Waals surface area contributed by atoms with Gasteiger partial charge >= 0.3 is 5.97 Å². The van der Waals surface area contributed by atoms with Crippen LogP contribution in [0.3, 0.4) is 0 Å². The third-order valence-corrected chi connectivity index (χ3v) is 3.71. The Morgan fingerprint density at radius 1 is 1.15 bits per heavy atom. The molecule has 0 aliphatic heterocycles. The van der Waals surface area contributed by atoms with E-state index < -0.39 is 18.0 Å². The minimum atomic E-state index is -1.00. The summed E-state index contributed by atoms with van der Waals surface area (Å²) in [4.78, 5) is 24.5. The van der Waals surface area contributed by atoms with Crippen LogP contribution >= 0.6 is 11.6 Å². The maximum Gasteiger partial charge on any atom is 0.338 e. The van der Waals surface area contributed by atoms with Gasteiger partial charge in [-0.2, -0.15) is 0 Å². The maximum atomic E-state index is 12.3. The van der Waals surface area contributed by atoms with E-state index in [1.807, 2.05) is 6.92 Å². The molecule has 0 saturated carbocycles. The number of hydrogen-bond acceptors (Lipinski definition) is 5. The predicted octanol–water partition coefficient (Wildman–Crippen LogP) is 3.93. The molecule has 2 aromatic carbocycles. The molecule has 1 N–H and O–H groups in total. The van der Waals surface area contributed by atoms with Crippen molar-refractivity contribution in [2.75, 3.05) is 19.0 Å². The monoisotopic (exact) mass is 377 g/mol. The summed E-state index contributed by atoms with van der Waals surface area (Å²) in [5.74, 6) is 0.00860. The fraction of sp³-hybridized carbons (Fsp3) is 0.263. The molecule has 0 aliphatic carbocycles. The number of hydrogen-bond donors (Lipinski definition) is 1. The van der Waals surface area contributed by atoms with Crippen molar-refractivity contribution in [3.8, 4) is 11.5 Å². The second-order valence-corrected chi connectivity index (χ2v) is 5.78. The zero-order valence-corrected chi connectivity index (χ0v) is 15.5. The second kappa shape index (κ2) is 9.10. The lowest BCUT2D eigenvalue weighted by Crippen LogP contribution is -2.30. The van der Waals surface area contributed by atoms with Gasteiger partial charge in [0.05, 0.1) is 25.0 Å². The molecule has 0 heterocycles. The van der Waals surface area contributed by atoms with Crippen LogP contribution in [-0.2, 0) is 9.53 Å². The Balaban J connectivity index is 2.00. The first-order chi connectivity index (χ1) is 12.4. The van der Waals surface area contributed by atoms with Gasteiger partial charge in [0.2, 0.25) is 0 Å². The molecule has 0 radical (unpaired) electrons. The predicted molar refractivity (Wildman–Crippen MR) is 99.1 cm³/mol. The normalized spacial score (nSPS) is 11.4. The van der Waals surface area contributed by atoms with Gasteiger partial charge in [0.1, 0.15) is 11.5 Å². The number of nitrogens with one attached hydrogen (secondary N) is 1. The smallest absolute Gasteiger partial charge is 0.338 e. The van der Waals surface area contributed by atoms with E-state index in [1.165, 1.54) is 14.0 Å². The van der Waals surface area contributed by atoms with Gasteiger partial charge in [0, 0.05) is 5.02 Å². The molecular weight excluding hydrogens is 358 g/mol. The van der Waals surface area contributed by atoms with Crippen molar-refractivity contribution in [3.63, 3.8) is 0 Å². The SMILES string of the molecule is CCOc1ccc(C(=O)OC(C)C(=O)Nc2cc(Cl)ccc2OC)cc1. The van der Waals surface area contributed by atoms with Crippen LogP contribution in [-0.4, -0.2) is 31.7 Å². The van der Waals surface area contributed by atoms with E-state index in [9.17, 15) is 9.59 Å². The lowest BCUT2D eigenvalue weighted by molar-refractivity contribution is -0.123. The second-order valence-electron chi connectivity index (χ2n) is 5.34. The van der Waals surface area contributed by atoms with Gasteiger partial charge in [-0.05, 0) is 56.3 Å². The first kappa shape index (κ1) is 19.6. The van der Waals surface area contributed by atoms with E-state index in [0.717, 1.165) is 0 Å². The lowest BCUT2D eigenvalue weighted by atomic mass is 10.2. The van der Waals surface area contributed by atoms with Gasteiger partial charge in [0.15, 0.2) is 6.10 Å². The van der Waals surface area contributed by atoms with Gasteiger partial charge in [-0.1, -0.05) is 11.6 Å². The molecule has 7 heteroatoms. The largest absolute Gasteiger partial charge is 0.495 e. The summed E-state index contributed by atoms with van der Waals surface area (Å²) in [6.45, 7) is 3.89. The van der Waals surface area contributed by atoms with Crippen molar-refractivity contribution in [3.05, 3.63) is 53.1 Å². The molecule has 0 spiro atoms. The Hall–Kier alpha value is -2.73. The zero-order chi connectivity index (χ0) is 19.1. The summed E-state index contributed by atoms with van der Waals surface area (Å²) in [5, 5.41) is 3.08. The van der Waals surface area contributed by atoms with Crippen molar-refractivity contribution in [1.29, 1.82) is 0 Å². The molecule has 26 heavy (non-hydrogen) atoms. The fourth-order valence-corrected chi connectivity index (χ4v) is 2.32. The topological polar surface area (TPSA) is 73.9 Å². The van der Waals surface area contributed by atoms with Crippen molar-refractivity contribution in [2.45, 2.75) is 20.0 Å². The number of rotatable bonds is 7. The first-order valence-electron chi connectivity index (χ1n) is 8.02. The van der Waals surface area contributed by atoms with Crippen LogP contribution in [0.4, 0.5) is 5.69 Å². The number of amides is 1. The van der Waals surface area contributed by atoms with Gasteiger partial charge < -0.3 is 19.5 Å². The van der Waals surface area contributed by atoms with Crippen molar-refractivity contribution in [2.24, 2.45) is 0 Å². The molecule has 1 amide bonds. The highest BCUT2D eigenvalue weighted by atomic mass is 35.5. The van der Waals surface area contributed by atoms with Gasteiger partial charge in [-0.3, -0.25) is 4.79 Å². The number of carbonyl (C=O) groups is 2. The van der Waals surface area contributed by atoms with Crippen LogP contribution in [0.5, 0.6) is 11.5 Å². The average Bonchev–Trinajstić information content (AvgIpc) is 2.62. The molecular formula is C19H20ClNO5. The summed E-state index contributed by atoms with van der Waals surface area (Å²) in [5.41, 5.74) is 0.724. The van der Waals surface area contributed by atoms with Crippen LogP contribution in [0.25, 0.3) is 0 Å². The molecule has 0 saturated heterocycles. The number of methoxy groups -OCH3 is 1. The minimum Gasteiger partial charge on any atom is -0.495 e. The third-order valence-electron chi connectivity index (χ3n) is 3.47. The Kier molecular flexibility index (Phi) is 6.86. The molecule has 1 unspecified atom stereocenters. The van der Waals surface area contributed by atoms with Crippen LogP contribution in [0.2, 0.25) is 5.02 Å². The number of anilines is 1. The molecule has 2 rings (SSSR count). The summed E-state index contributed by atoms with van der Waals surface area (Å²) in [6, 6.07) is 11.3. The minimum absolute atomic E-state index is 0.327. The van der Waals surface area contributed by atoms with Crippen LogP contribution in [0, 0.1) is 0 Å². The van der Waals surface area contributed by atoms with E-state index in [4.69, 9.17) is 25.8 Å². The first-order valence-corrected chi connectivity index (χ1v) is 8.40. The number of esters is 1. The molecule has 6 nitrogen and oxygen atoms in total. The van der Waals surface area contributed by atoms with Crippen LogP contribution in [0.1, 0.15) is 24.2 Å².